The van der Waals surface area contributed by atoms with Gasteiger partial charge in [-0.2, -0.15) is 0 Å². The summed E-state index contributed by atoms with van der Waals surface area (Å²) in [7, 11) is 2.99. The molecular formula is C23H24N4O4. The number of carbonyl (C=O) groups excluding carboxylic acids is 3. The van der Waals surface area contributed by atoms with Crippen molar-refractivity contribution in [1.29, 1.82) is 0 Å². The molecule has 2 N–H and O–H groups in total. The predicted molar refractivity (Wildman–Crippen MR) is 115 cm³/mol. The standard InChI is InChI=1S/C22H19N3O3.CH5NO/c1-23-21(27)17-11-24(22(23)28)12-19-20(17)16-4-2-3-5-18(16)25(19)10-14-6-8-15(13-26)9-7-14;1-2-3/h2-9,13,17H,10-12H2,1H3;2-3H,1H3. The van der Waals surface area contributed by atoms with Gasteiger partial charge in [-0.1, -0.05) is 42.5 Å². The Kier molecular flexibility index (Phi) is 5.58. The lowest BCUT2D eigenvalue weighted by Crippen LogP contribution is -2.56. The highest BCUT2D eigenvalue weighted by molar-refractivity contribution is 6.04. The molecule has 1 fully saturated rings. The number of para-hydroxylation sites is 1. The summed E-state index contributed by atoms with van der Waals surface area (Å²) in [6.45, 7) is 1.55. The van der Waals surface area contributed by atoms with Crippen LogP contribution in [0.3, 0.4) is 0 Å². The Balaban J connectivity index is 0.000000730. The molecule has 8 nitrogen and oxygen atoms in total. The molecule has 2 bridgehead atoms. The van der Waals surface area contributed by atoms with Gasteiger partial charge in [-0.25, -0.2) is 10.3 Å². The molecule has 0 aliphatic carbocycles. The molecular weight excluding hydrogens is 396 g/mol. The minimum atomic E-state index is -0.324. The van der Waals surface area contributed by atoms with Crippen molar-refractivity contribution in [3.05, 3.63) is 70.9 Å². The third-order valence-electron chi connectivity index (χ3n) is 5.86. The van der Waals surface area contributed by atoms with Gasteiger partial charge in [0.15, 0.2) is 0 Å². The van der Waals surface area contributed by atoms with Crippen LogP contribution >= 0.6 is 0 Å². The Morgan fingerprint density at radius 1 is 1.13 bits per heavy atom. The van der Waals surface area contributed by atoms with Gasteiger partial charge < -0.3 is 14.7 Å². The van der Waals surface area contributed by atoms with E-state index in [1.54, 1.807) is 29.6 Å². The fourth-order valence-corrected chi connectivity index (χ4v) is 4.45. The first-order valence-corrected chi connectivity index (χ1v) is 10.0. The van der Waals surface area contributed by atoms with Crippen LogP contribution in [0.25, 0.3) is 10.9 Å². The molecule has 3 amide bonds. The van der Waals surface area contributed by atoms with Gasteiger partial charge in [0.05, 0.1) is 12.5 Å². The van der Waals surface area contributed by atoms with Gasteiger partial charge >= 0.3 is 6.03 Å². The van der Waals surface area contributed by atoms with E-state index in [0.29, 0.717) is 25.2 Å². The number of nitrogens with one attached hydrogen (secondary N) is 1. The van der Waals surface area contributed by atoms with Gasteiger partial charge in [0.2, 0.25) is 5.91 Å². The lowest BCUT2D eigenvalue weighted by molar-refractivity contribution is -0.132. The van der Waals surface area contributed by atoms with E-state index in [0.717, 1.165) is 34.0 Å². The molecule has 2 aliphatic heterocycles. The summed E-state index contributed by atoms with van der Waals surface area (Å²) in [5.41, 5.74) is 6.58. The van der Waals surface area contributed by atoms with Crippen LogP contribution < -0.4 is 5.48 Å². The molecule has 1 aromatic heterocycles. The number of aldehydes is 1. The summed E-state index contributed by atoms with van der Waals surface area (Å²) in [6, 6.07) is 15.4. The highest BCUT2D eigenvalue weighted by atomic mass is 16.5. The summed E-state index contributed by atoms with van der Waals surface area (Å²) < 4.78 is 2.20. The first kappa shape index (κ1) is 20.8. The maximum absolute atomic E-state index is 12.8. The minimum absolute atomic E-state index is 0.138. The van der Waals surface area contributed by atoms with Gasteiger partial charge in [0, 0.05) is 49.3 Å². The molecule has 8 heteroatoms. The number of amides is 3. The summed E-state index contributed by atoms with van der Waals surface area (Å²) in [6.07, 6.45) is 0.832. The molecule has 3 heterocycles. The van der Waals surface area contributed by atoms with Crippen LogP contribution in [0.1, 0.15) is 33.1 Å². The van der Waals surface area contributed by atoms with E-state index in [1.807, 2.05) is 24.3 Å². The van der Waals surface area contributed by atoms with Gasteiger partial charge in [-0.05, 0) is 17.2 Å². The quantitative estimate of drug-likeness (QED) is 0.502. The number of hydrogen-bond acceptors (Lipinski definition) is 5. The van der Waals surface area contributed by atoms with Crippen molar-refractivity contribution < 1.29 is 19.6 Å². The van der Waals surface area contributed by atoms with Crippen LogP contribution in [0, 0.1) is 0 Å². The molecule has 5 rings (SSSR count). The highest BCUT2D eigenvalue weighted by Gasteiger charge is 2.44. The first-order valence-electron chi connectivity index (χ1n) is 10.0. The van der Waals surface area contributed by atoms with E-state index in [2.05, 4.69) is 16.7 Å². The van der Waals surface area contributed by atoms with Crippen molar-refractivity contribution in [1.82, 2.24) is 19.8 Å². The molecule has 3 aromatic rings. The zero-order valence-electron chi connectivity index (χ0n) is 17.4. The fraction of sp³-hybridized carbons (Fsp3) is 0.261. The lowest BCUT2D eigenvalue weighted by atomic mass is 9.89. The van der Waals surface area contributed by atoms with E-state index < -0.39 is 0 Å². The number of aromatic nitrogens is 1. The lowest BCUT2D eigenvalue weighted by Gasteiger charge is -2.41. The van der Waals surface area contributed by atoms with Crippen LogP contribution in [0.5, 0.6) is 0 Å². The smallest absolute Gasteiger partial charge is 0.326 e. The number of fused-ring (bicyclic) bond motifs is 6. The number of urea groups is 1. The van der Waals surface area contributed by atoms with Crippen LogP contribution in [0.2, 0.25) is 0 Å². The maximum atomic E-state index is 12.8. The molecule has 1 saturated heterocycles. The molecule has 2 aliphatic rings. The Bertz CT molecular complexity index is 1150. The Labute approximate surface area is 179 Å². The fourth-order valence-electron chi connectivity index (χ4n) is 4.45. The summed E-state index contributed by atoms with van der Waals surface area (Å²) in [5, 5.41) is 8.39. The molecule has 160 valence electrons. The van der Waals surface area contributed by atoms with E-state index in [9.17, 15) is 14.4 Å². The summed E-state index contributed by atoms with van der Waals surface area (Å²) >= 11 is 0. The van der Waals surface area contributed by atoms with Crippen molar-refractivity contribution >= 4 is 29.1 Å². The Morgan fingerprint density at radius 2 is 1.81 bits per heavy atom. The second-order valence-electron chi connectivity index (χ2n) is 7.66. The SMILES string of the molecule is CN1C(=O)C2CN(Cc3c2c2ccccc2n3Cc2ccc(C=O)cc2)C1=O.CNO. The van der Waals surface area contributed by atoms with Crippen molar-refractivity contribution in [2.24, 2.45) is 0 Å². The second-order valence-corrected chi connectivity index (χ2v) is 7.66. The number of nitrogens with zero attached hydrogens (tertiary/aromatic N) is 3. The molecule has 0 spiro atoms. The molecule has 31 heavy (non-hydrogen) atoms. The van der Waals surface area contributed by atoms with Gasteiger partial charge in [-0.3, -0.25) is 14.5 Å². The largest absolute Gasteiger partial charge is 0.338 e. The monoisotopic (exact) mass is 420 g/mol. The summed E-state index contributed by atoms with van der Waals surface area (Å²) in [4.78, 5) is 39.2. The van der Waals surface area contributed by atoms with E-state index in [4.69, 9.17) is 5.21 Å². The van der Waals surface area contributed by atoms with Crippen LogP contribution in [-0.2, 0) is 17.9 Å². The molecule has 1 atom stereocenters. The number of hydroxylamine groups is 1. The normalized spacial score (nSPS) is 17.3. The third-order valence-corrected chi connectivity index (χ3v) is 5.86. The maximum Gasteiger partial charge on any atom is 0.326 e. The minimum Gasteiger partial charge on any atom is -0.338 e. The number of hydrogen-bond donors (Lipinski definition) is 2. The number of imide groups is 1. The van der Waals surface area contributed by atoms with Gasteiger partial charge in [-0.15, -0.1) is 0 Å². The average Bonchev–Trinajstić information content (AvgIpc) is 3.11. The highest BCUT2D eigenvalue weighted by Crippen LogP contribution is 2.40. The Morgan fingerprint density at radius 3 is 2.48 bits per heavy atom. The van der Waals surface area contributed by atoms with E-state index in [-0.39, 0.29) is 17.9 Å². The molecule has 0 saturated carbocycles. The van der Waals surface area contributed by atoms with E-state index in [1.165, 1.54) is 11.9 Å². The van der Waals surface area contributed by atoms with Crippen molar-refractivity contribution in [2.75, 3.05) is 20.6 Å². The van der Waals surface area contributed by atoms with Crippen LogP contribution in [0.15, 0.2) is 48.5 Å². The molecule has 1 unspecified atom stereocenters. The number of likely N-dealkylation sites (N-methyl/N-ethyl adjacent to an activating group) is 1. The number of benzene rings is 2. The third kappa shape index (κ3) is 3.49. The van der Waals surface area contributed by atoms with Crippen molar-refractivity contribution in [3.63, 3.8) is 0 Å². The summed E-state index contributed by atoms with van der Waals surface area (Å²) in [5.74, 6) is -0.463. The predicted octanol–water partition coefficient (Wildman–Crippen LogP) is 2.59. The van der Waals surface area contributed by atoms with Crippen LogP contribution in [-0.4, -0.2) is 58.4 Å². The zero-order chi connectivity index (χ0) is 22.1. The first-order chi connectivity index (χ1) is 15.0. The van der Waals surface area contributed by atoms with Crippen LogP contribution in [0.4, 0.5) is 4.79 Å². The number of rotatable bonds is 3. The van der Waals surface area contributed by atoms with Crippen molar-refractivity contribution in [3.8, 4) is 0 Å². The van der Waals surface area contributed by atoms with Gasteiger partial charge in [0.1, 0.15) is 6.29 Å². The number of carbonyl (C=O) groups is 3. The topological polar surface area (TPSA) is 94.9 Å². The van der Waals surface area contributed by atoms with E-state index >= 15 is 0 Å². The zero-order valence-corrected chi connectivity index (χ0v) is 17.4. The second kappa shape index (κ2) is 8.33. The average molecular weight is 420 g/mol. The van der Waals surface area contributed by atoms with Gasteiger partial charge in [0.25, 0.3) is 0 Å². The molecule has 0 radical (unpaired) electrons. The van der Waals surface area contributed by atoms with Crippen molar-refractivity contribution in [2.45, 2.75) is 19.0 Å². The Hall–Kier alpha value is -3.49. The molecule has 2 aromatic carbocycles.